The van der Waals surface area contributed by atoms with Crippen molar-refractivity contribution in [2.45, 2.75) is 26.7 Å². The van der Waals surface area contributed by atoms with Crippen molar-refractivity contribution in [3.05, 3.63) is 23.1 Å². The minimum atomic E-state index is -0.0996. The summed E-state index contributed by atoms with van der Waals surface area (Å²) < 4.78 is 7.01. The summed E-state index contributed by atoms with van der Waals surface area (Å²) in [6.45, 7) is 3.96. The van der Waals surface area contributed by atoms with E-state index >= 15 is 0 Å². The zero-order chi connectivity index (χ0) is 14.7. The second-order valence-electron chi connectivity index (χ2n) is 4.23. The highest BCUT2D eigenvalue weighted by Crippen LogP contribution is 2.25. The van der Waals surface area contributed by atoms with Gasteiger partial charge in [-0.1, -0.05) is 13.8 Å². The van der Waals surface area contributed by atoms with Gasteiger partial charge in [0, 0.05) is 7.05 Å². The third-order valence-corrected chi connectivity index (χ3v) is 2.85. The Bertz CT molecular complexity index is 635. The molecule has 0 aliphatic carbocycles. The fourth-order valence-corrected chi connectivity index (χ4v) is 1.96. The molecule has 0 amide bonds. The molecule has 3 N–H and O–H groups in total. The Kier molecular flexibility index (Phi) is 3.92. The molecule has 0 radical (unpaired) electrons. The van der Waals surface area contributed by atoms with Crippen LogP contribution in [0.25, 0.3) is 0 Å². The molecule has 0 aromatic carbocycles. The lowest BCUT2D eigenvalue weighted by Crippen LogP contribution is -2.18. The van der Waals surface area contributed by atoms with Gasteiger partial charge in [-0.3, -0.25) is 10.1 Å². The van der Waals surface area contributed by atoms with Crippen LogP contribution in [0, 0.1) is 5.41 Å². The smallest absolute Gasteiger partial charge is 0.342 e. The maximum Gasteiger partial charge on any atom is 0.342 e. The molecule has 2 heterocycles. The van der Waals surface area contributed by atoms with Crippen molar-refractivity contribution in [3.63, 3.8) is 0 Å². The minimum absolute atomic E-state index is 0.0996. The highest BCUT2D eigenvalue weighted by molar-refractivity contribution is 5.98. The quantitative estimate of drug-likeness (QED) is 0.616. The Hall–Kier alpha value is -2.51. The number of nitrogens with two attached hydrogens (primary N) is 1. The topological polar surface area (TPSA) is 116 Å². The summed E-state index contributed by atoms with van der Waals surface area (Å²) in [6, 6.07) is 0.149. The first-order valence-electron chi connectivity index (χ1n) is 6.33. The predicted octanol–water partition coefficient (Wildman–Crippen LogP) is 0.806. The molecule has 8 nitrogen and oxygen atoms in total. The summed E-state index contributed by atoms with van der Waals surface area (Å²) >= 11 is 0. The summed E-state index contributed by atoms with van der Waals surface area (Å²) in [7, 11) is 1.73. The lowest BCUT2D eigenvalue weighted by atomic mass is 10.0. The van der Waals surface area contributed by atoms with Crippen LogP contribution in [0.15, 0.2) is 6.33 Å². The van der Waals surface area contributed by atoms with Crippen LogP contribution in [-0.2, 0) is 19.9 Å². The molecule has 0 bridgehead atoms. The van der Waals surface area contributed by atoms with E-state index in [4.69, 9.17) is 15.9 Å². The van der Waals surface area contributed by atoms with Gasteiger partial charge in [0.15, 0.2) is 0 Å². The second kappa shape index (κ2) is 5.64. The summed E-state index contributed by atoms with van der Waals surface area (Å²) in [5.74, 6) is 0.0649. The van der Waals surface area contributed by atoms with E-state index in [1.807, 2.05) is 13.8 Å². The van der Waals surface area contributed by atoms with Gasteiger partial charge >= 0.3 is 6.01 Å². The minimum Gasteiger partial charge on any atom is -0.402 e. The van der Waals surface area contributed by atoms with Crippen LogP contribution in [0.5, 0.6) is 11.9 Å². The van der Waals surface area contributed by atoms with Crippen molar-refractivity contribution < 1.29 is 4.74 Å². The van der Waals surface area contributed by atoms with E-state index in [1.165, 1.54) is 11.0 Å². The van der Waals surface area contributed by atoms with E-state index in [0.717, 1.165) is 17.7 Å². The lowest BCUT2D eigenvalue weighted by Gasteiger charge is -2.13. The molecule has 0 spiro atoms. The van der Waals surface area contributed by atoms with Gasteiger partial charge in [-0.2, -0.15) is 10.1 Å². The van der Waals surface area contributed by atoms with Crippen LogP contribution < -0.4 is 10.5 Å². The molecular formula is C12H17N7O. The van der Waals surface area contributed by atoms with Crippen LogP contribution in [-0.4, -0.2) is 30.8 Å². The van der Waals surface area contributed by atoms with Crippen LogP contribution in [0.3, 0.4) is 0 Å². The Morgan fingerprint density at radius 2 is 2.10 bits per heavy atom. The molecule has 0 fully saturated rings. The molecule has 0 saturated heterocycles. The van der Waals surface area contributed by atoms with Crippen molar-refractivity contribution >= 4 is 5.84 Å². The number of aromatic nitrogens is 5. The summed E-state index contributed by atoms with van der Waals surface area (Å²) in [4.78, 5) is 3.96. The van der Waals surface area contributed by atoms with E-state index < -0.39 is 0 Å². The molecule has 0 aliphatic heterocycles. The fraction of sp³-hybridized carbons (Fsp3) is 0.417. The highest BCUT2D eigenvalue weighted by atomic mass is 16.5. The van der Waals surface area contributed by atoms with Gasteiger partial charge in [0.05, 0.1) is 11.3 Å². The first-order chi connectivity index (χ1) is 9.56. The Morgan fingerprint density at radius 1 is 1.35 bits per heavy atom. The first-order valence-corrected chi connectivity index (χ1v) is 6.33. The number of nitrogens with zero attached hydrogens (tertiary/aromatic N) is 5. The maximum atomic E-state index is 7.75. The molecular weight excluding hydrogens is 258 g/mol. The van der Waals surface area contributed by atoms with Crippen molar-refractivity contribution in [3.8, 4) is 11.9 Å². The highest BCUT2D eigenvalue weighted by Gasteiger charge is 2.19. The summed E-state index contributed by atoms with van der Waals surface area (Å²) in [5, 5.41) is 19.9. The Morgan fingerprint density at radius 3 is 2.60 bits per heavy atom. The van der Waals surface area contributed by atoms with Gasteiger partial charge in [-0.15, -0.1) is 10.2 Å². The van der Waals surface area contributed by atoms with Crippen LogP contribution in [0.2, 0.25) is 0 Å². The second-order valence-corrected chi connectivity index (χ2v) is 4.23. The molecule has 0 aliphatic rings. The Balaban J connectivity index is 2.49. The lowest BCUT2D eigenvalue weighted by molar-refractivity contribution is 0.413. The number of nitrogen functional groups attached to an aromatic ring is 1. The van der Waals surface area contributed by atoms with Crippen molar-refractivity contribution in [1.82, 2.24) is 25.0 Å². The zero-order valence-corrected chi connectivity index (χ0v) is 11.7. The zero-order valence-electron chi connectivity index (χ0n) is 11.7. The monoisotopic (exact) mass is 275 g/mol. The molecule has 20 heavy (non-hydrogen) atoms. The molecule has 106 valence electrons. The molecule has 0 unspecified atom stereocenters. The maximum absolute atomic E-state index is 7.75. The van der Waals surface area contributed by atoms with Gasteiger partial charge in [0.2, 0.25) is 0 Å². The molecule has 2 aromatic heterocycles. The fourth-order valence-electron chi connectivity index (χ4n) is 1.96. The third kappa shape index (κ3) is 2.58. The van der Waals surface area contributed by atoms with Gasteiger partial charge in [0.1, 0.15) is 12.2 Å². The Labute approximate surface area is 116 Å². The standard InChI is InChI=1S/C12H17N7O/c1-4-7-8(5-2)16-17-11(9(7)10(13)14)20-12-15-6-19(3)18-12/h6H,4-5H2,1-3H3,(H3,13,14). The normalized spacial score (nSPS) is 10.6. The summed E-state index contributed by atoms with van der Waals surface area (Å²) in [5.41, 5.74) is 7.82. The number of nitrogens with one attached hydrogen (secondary N) is 1. The van der Waals surface area contributed by atoms with Crippen molar-refractivity contribution in [2.75, 3.05) is 0 Å². The van der Waals surface area contributed by atoms with E-state index in [9.17, 15) is 0 Å². The number of ether oxygens (including phenoxy) is 1. The number of hydrogen-bond donors (Lipinski definition) is 2. The van der Waals surface area contributed by atoms with Crippen molar-refractivity contribution in [1.29, 1.82) is 5.41 Å². The van der Waals surface area contributed by atoms with Gasteiger partial charge in [-0.25, -0.2) is 0 Å². The number of hydrogen-bond acceptors (Lipinski definition) is 6. The molecule has 0 atom stereocenters. The third-order valence-electron chi connectivity index (χ3n) is 2.85. The van der Waals surface area contributed by atoms with Crippen LogP contribution >= 0.6 is 0 Å². The number of amidine groups is 1. The van der Waals surface area contributed by atoms with Gasteiger partial charge in [0.25, 0.3) is 5.88 Å². The molecule has 0 saturated carbocycles. The van der Waals surface area contributed by atoms with Gasteiger partial charge in [-0.05, 0) is 18.4 Å². The molecule has 2 rings (SSSR count). The van der Waals surface area contributed by atoms with Gasteiger partial charge < -0.3 is 10.5 Å². The van der Waals surface area contributed by atoms with Crippen LogP contribution in [0.4, 0.5) is 0 Å². The largest absolute Gasteiger partial charge is 0.402 e. The van der Waals surface area contributed by atoms with E-state index in [1.54, 1.807) is 7.05 Å². The SMILES string of the molecule is CCc1nnc(Oc2ncn(C)n2)c(C(=N)N)c1CC. The van der Waals surface area contributed by atoms with Crippen molar-refractivity contribution in [2.24, 2.45) is 12.8 Å². The summed E-state index contributed by atoms with van der Waals surface area (Å²) in [6.07, 6.45) is 2.93. The van der Waals surface area contributed by atoms with Crippen LogP contribution in [0.1, 0.15) is 30.7 Å². The van der Waals surface area contributed by atoms with E-state index in [2.05, 4.69) is 20.3 Å². The molecule has 8 heteroatoms. The number of rotatable bonds is 5. The molecule has 2 aromatic rings. The van der Waals surface area contributed by atoms with E-state index in [-0.39, 0.29) is 17.7 Å². The first kappa shape index (κ1) is 13.9. The average molecular weight is 275 g/mol. The van der Waals surface area contributed by atoms with E-state index in [0.29, 0.717) is 12.0 Å². The predicted molar refractivity (Wildman–Crippen MR) is 72.9 cm³/mol. The number of aryl methyl sites for hydroxylation is 2. The average Bonchev–Trinajstić information content (AvgIpc) is 2.83.